The van der Waals surface area contributed by atoms with Crippen LogP contribution in [0.1, 0.15) is 19.4 Å². The van der Waals surface area contributed by atoms with E-state index in [2.05, 4.69) is 17.4 Å². The lowest BCUT2D eigenvalue weighted by molar-refractivity contribution is -1.02. The maximum Gasteiger partial charge on any atom is 0.282 e. The minimum absolute atomic E-state index is 0.0383. The maximum atomic E-state index is 12.8. The van der Waals surface area contributed by atoms with Gasteiger partial charge in [0.25, 0.3) is 5.91 Å². The van der Waals surface area contributed by atoms with Crippen LogP contribution >= 0.6 is 0 Å². The Morgan fingerprint density at radius 3 is 2.67 bits per heavy atom. The first-order valence-corrected chi connectivity index (χ1v) is 10.7. The van der Waals surface area contributed by atoms with E-state index >= 15 is 0 Å². The molecule has 0 aliphatic carbocycles. The number of hydrogen-bond acceptors (Lipinski definition) is 4. The van der Waals surface area contributed by atoms with Gasteiger partial charge in [-0.2, -0.15) is 0 Å². The van der Waals surface area contributed by atoms with Gasteiger partial charge in [0.2, 0.25) is 6.79 Å². The standard InChI is InChI=1S/C23H29N3O4/c1-3-28-20-7-5-4-6-19(20)24-23(27)17(2)26-12-10-25(11-13-26)15-18-8-9-21-22(14-18)30-16-29-21/h4-9,14,17H,3,10-13,15-16H2,1-2H3,(H,24,27)/p+2/t17-/m0/s1. The van der Waals surface area contributed by atoms with E-state index in [9.17, 15) is 4.79 Å². The van der Waals surface area contributed by atoms with Crippen molar-refractivity contribution in [2.75, 3.05) is 44.9 Å². The average Bonchev–Trinajstić information content (AvgIpc) is 3.23. The van der Waals surface area contributed by atoms with E-state index in [1.807, 2.05) is 44.2 Å². The summed E-state index contributed by atoms with van der Waals surface area (Å²) in [4.78, 5) is 15.7. The molecule has 3 N–H and O–H groups in total. The van der Waals surface area contributed by atoms with E-state index in [0.29, 0.717) is 19.1 Å². The Balaban J connectivity index is 1.29. The summed E-state index contributed by atoms with van der Waals surface area (Å²) in [6.45, 7) is 9.82. The first kappa shape index (κ1) is 20.5. The molecular weight excluding hydrogens is 382 g/mol. The summed E-state index contributed by atoms with van der Waals surface area (Å²) in [6.07, 6.45) is 0. The molecule has 7 heteroatoms. The van der Waals surface area contributed by atoms with Gasteiger partial charge in [-0.15, -0.1) is 0 Å². The fourth-order valence-electron chi connectivity index (χ4n) is 4.15. The number of benzene rings is 2. The van der Waals surface area contributed by atoms with Crippen LogP contribution in [0.15, 0.2) is 42.5 Å². The lowest BCUT2D eigenvalue weighted by Gasteiger charge is -2.32. The van der Waals surface area contributed by atoms with E-state index in [0.717, 1.165) is 49.9 Å². The highest BCUT2D eigenvalue weighted by atomic mass is 16.7. The van der Waals surface area contributed by atoms with Crippen LogP contribution < -0.4 is 29.3 Å². The molecule has 1 amide bonds. The monoisotopic (exact) mass is 413 g/mol. The van der Waals surface area contributed by atoms with Gasteiger partial charge in [0.15, 0.2) is 17.5 Å². The number of amides is 1. The first-order valence-electron chi connectivity index (χ1n) is 10.7. The summed E-state index contributed by atoms with van der Waals surface area (Å²) in [6, 6.07) is 13.7. The molecule has 2 aromatic rings. The molecule has 2 aliphatic rings. The Kier molecular flexibility index (Phi) is 6.40. The van der Waals surface area contributed by atoms with Gasteiger partial charge >= 0.3 is 0 Å². The Morgan fingerprint density at radius 2 is 1.87 bits per heavy atom. The maximum absolute atomic E-state index is 12.8. The summed E-state index contributed by atoms with van der Waals surface area (Å²) in [5.74, 6) is 2.42. The van der Waals surface area contributed by atoms with Crippen LogP contribution in [0.2, 0.25) is 0 Å². The van der Waals surface area contributed by atoms with Crippen LogP contribution in [0.4, 0.5) is 5.69 Å². The molecule has 0 unspecified atom stereocenters. The number of hydrogen-bond donors (Lipinski definition) is 3. The molecule has 0 radical (unpaired) electrons. The molecule has 1 atom stereocenters. The molecule has 4 rings (SSSR count). The second kappa shape index (κ2) is 9.36. The zero-order chi connectivity index (χ0) is 20.9. The predicted molar refractivity (Wildman–Crippen MR) is 113 cm³/mol. The molecule has 30 heavy (non-hydrogen) atoms. The highest BCUT2D eigenvalue weighted by molar-refractivity contribution is 5.94. The van der Waals surface area contributed by atoms with E-state index in [4.69, 9.17) is 14.2 Å². The second-order valence-corrected chi connectivity index (χ2v) is 7.91. The smallest absolute Gasteiger partial charge is 0.282 e. The fraction of sp³-hybridized carbons (Fsp3) is 0.435. The molecular formula is C23H31N3O4+2. The van der Waals surface area contributed by atoms with Crippen molar-refractivity contribution in [1.29, 1.82) is 0 Å². The summed E-state index contributed by atoms with van der Waals surface area (Å²) in [7, 11) is 0. The van der Waals surface area contributed by atoms with Crippen LogP contribution in [0, 0.1) is 0 Å². The third-order valence-corrected chi connectivity index (χ3v) is 5.94. The van der Waals surface area contributed by atoms with Gasteiger partial charge < -0.3 is 29.3 Å². The van der Waals surface area contributed by atoms with Gasteiger partial charge in [-0.1, -0.05) is 12.1 Å². The number of quaternary nitrogens is 2. The van der Waals surface area contributed by atoms with Crippen molar-refractivity contribution in [3.63, 3.8) is 0 Å². The van der Waals surface area contributed by atoms with E-state index in [-0.39, 0.29) is 11.9 Å². The highest BCUT2D eigenvalue weighted by Crippen LogP contribution is 2.32. The molecule has 2 aromatic carbocycles. The van der Waals surface area contributed by atoms with Crippen LogP contribution in [-0.2, 0) is 11.3 Å². The molecule has 1 fully saturated rings. The van der Waals surface area contributed by atoms with Gasteiger partial charge in [0.1, 0.15) is 38.5 Å². The Hall–Kier alpha value is -2.77. The quantitative estimate of drug-likeness (QED) is 0.604. The second-order valence-electron chi connectivity index (χ2n) is 7.91. The lowest BCUT2D eigenvalue weighted by atomic mass is 10.1. The van der Waals surface area contributed by atoms with Crippen molar-refractivity contribution in [2.45, 2.75) is 26.4 Å². The third kappa shape index (κ3) is 4.68. The summed E-state index contributed by atoms with van der Waals surface area (Å²) in [5.41, 5.74) is 2.00. The number of carbonyl (C=O) groups is 1. The highest BCUT2D eigenvalue weighted by Gasteiger charge is 2.31. The number of anilines is 1. The zero-order valence-corrected chi connectivity index (χ0v) is 17.7. The largest absolute Gasteiger partial charge is 0.492 e. The van der Waals surface area contributed by atoms with Crippen molar-refractivity contribution in [1.82, 2.24) is 0 Å². The Morgan fingerprint density at radius 1 is 1.10 bits per heavy atom. The molecule has 160 valence electrons. The van der Waals surface area contributed by atoms with Gasteiger partial charge in [-0.05, 0) is 44.2 Å². The van der Waals surface area contributed by atoms with Crippen molar-refractivity contribution in [2.24, 2.45) is 0 Å². The molecule has 0 bridgehead atoms. The first-order chi connectivity index (χ1) is 14.6. The summed E-state index contributed by atoms with van der Waals surface area (Å²) >= 11 is 0. The van der Waals surface area contributed by atoms with Crippen molar-refractivity contribution in [3.8, 4) is 17.2 Å². The molecule has 7 nitrogen and oxygen atoms in total. The molecule has 0 spiro atoms. The number of carbonyl (C=O) groups excluding carboxylic acids is 1. The predicted octanol–water partition coefficient (Wildman–Crippen LogP) is 0.125. The van der Waals surface area contributed by atoms with Crippen LogP contribution in [0.25, 0.3) is 0 Å². The van der Waals surface area contributed by atoms with E-state index < -0.39 is 0 Å². The van der Waals surface area contributed by atoms with E-state index in [1.165, 1.54) is 15.4 Å². The van der Waals surface area contributed by atoms with Crippen molar-refractivity contribution >= 4 is 11.6 Å². The lowest BCUT2D eigenvalue weighted by Crippen LogP contribution is -3.29. The van der Waals surface area contributed by atoms with Gasteiger partial charge in [-0.3, -0.25) is 4.79 Å². The van der Waals surface area contributed by atoms with E-state index in [1.54, 1.807) is 0 Å². The minimum Gasteiger partial charge on any atom is -0.492 e. The number of para-hydroxylation sites is 2. The molecule has 0 aromatic heterocycles. The van der Waals surface area contributed by atoms with Crippen LogP contribution in [0.5, 0.6) is 17.2 Å². The number of fused-ring (bicyclic) bond motifs is 1. The Bertz CT molecular complexity index is 881. The van der Waals surface area contributed by atoms with Crippen molar-refractivity contribution in [3.05, 3.63) is 48.0 Å². The normalized spacial score (nSPS) is 21.1. The molecule has 2 aliphatic heterocycles. The van der Waals surface area contributed by atoms with Gasteiger partial charge in [0.05, 0.1) is 12.3 Å². The molecule has 2 heterocycles. The van der Waals surface area contributed by atoms with Crippen LogP contribution in [0.3, 0.4) is 0 Å². The minimum atomic E-state index is -0.105. The number of rotatable bonds is 7. The van der Waals surface area contributed by atoms with Gasteiger partial charge in [0, 0.05) is 5.56 Å². The van der Waals surface area contributed by atoms with Crippen molar-refractivity contribution < 1.29 is 28.8 Å². The number of piperazine rings is 1. The zero-order valence-electron chi connectivity index (χ0n) is 17.7. The summed E-state index contributed by atoms with van der Waals surface area (Å²) in [5, 5.41) is 3.05. The molecule has 1 saturated heterocycles. The molecule has 0 saturated carbocycles. The van der Waals surface area contributed by atoms with Gasteiger partial charge in [-0.25, -0.2) is 0 Å². The third-order valence-electron chi connectivity index (χ3n) is 5.94. The SMILES string of the molecule is CCOc1ccccc1NC(=O)[C@H](C)[NH+]1CC[NH+](Cc2ccc3c(c2)OCO3)CC1. The Labute approximate surface area is 177 Å². The topological polar surface area (TPSA) is 65.7 Å². The summed E-state index contributed by atoms with van der Waals surface area (Å²) < 4.78 is 16.5. The van der Waals surface area contributed by atoms with Crippen LogP contribution in [-0.4, -0.2) is 51.5 Å². The number of ether oxygens (including phenoxy) is 3. The number of nitrogens with one attached hydrogen (secondary N) is 3. The average molecular weight is 414 g/mol. The fourth-order valence-corrected chi connectivity index (χ4v) is 4.15.